The summed E-state index contributed by atoms with van der Waals surface area (Å²) in [5.74, 6) is 0.772. The van der Waals surface area contributed by atoms with Crippen molar-refractivity contribution in [2.24, 2.45) is 5.10 Å². The molecular weight excluding hydrogens is 463 g/mol. The molecule has 0 radical (unpaired) electrons. The van der Waals surface area contributed by atoms with Crippen LogP contribution < -0.4 is 4.74 Å². The van der Waals surface area contributed by atoms with E-state index in [9.17, 15) is 5.11 Å². The molecule has 3 rings (SSSR count). The highest BCUT2D eigenvalue weighted by atomic mass is 79.9. The predicted octanol–water partition coefficient (Wildman–Crippen LogP) is 5.27. The molecule has 1 aromatic heterocycles. The largest absolute Gasteiger partial charge is 0.503 e. The molecule has 0 saturated heterocycles. The molecule has 3 aromatic rings. The lowest BCUT2D eigenvalue weighted by atomic mass is 10.2. The molecule has 6 nitrogen and oxygen atoms in total. The summed E-state index contributed by atoms with van der Waals surface area (Å²) in [6.45, 7) is 0. The molecule has 134 valence electrons. The van der Waals surface area contributed by atoms with E-state index < -0.39 is 0 Å². The van der Waals surface area contributed by atoms with Crippen molar-refractivity contribution in [1.29, 1.82) is 0 Å². The van der Waals surface area contributed by atoms with Gasteiger partial charge in [0.05, 0.1) is 22.8 Å². The van der Waals surface area contributed by atoms with Gasteiger partial charge < -0.3 is 9.84 Å². The number of aromatic hydroxyl groups is 1. The van der Waals surface area contributed by atoms with Crippen LogP contribution in [0.4, 0.5) is 0 Å². The molecule has 0 fully saturated rings. The minimum absolute atomic E-state index is 0.0122. The van der Waals surface area contributed by atoms with Gasteiger partial charge in [0.25, 0.3) is 0 Å². The molecule has 0 aliphatic heterocycles. The van der Waals surface area contributed by atoms with Crippen LogP contribution in [0.25, 0.3) is 11.4 Å². The average Bonchev–Trinajstić information content (AvgIpc) is 2.96. The lowest BCUT2D eigenvalue weighted by molar-refractivity contribution is 0.372. The van der Waals surface area contributed by atoms with E-state index in [1.54, 1.807) is 36.5 Å². The summed E-state index contributed by atoms with van der Waals surface area (Å²) in [5, 5.41) is 22.1. The van der Waals surface area contributed by atoms with Crippen molar-refractivity contribution in [3.05, 3.63) is 55.2 Å². The number of H-pyrrole nitrogens is 1. The van der Waals surface area contributed by atoms with Gasteiger partial charge in [-0.3, -0.25) is 0 Å². The molecule has 2 aromatic carbocycles. The van der Waals surface area contributed by atoms with E-state index in [1.165, 1.54) is 11.8 Å². The third kappa shape index (κ3) is 3.78. The number of halogens is 3. The van der Waals surface area contributed by atoms with Gasteiger partial charge in [-0.2, -0.15) is 14.9 Å². The molecule has 2 N–H and O–H groups in total. The highest BCUT2D eigenvalue weighted by Gasteiger charge is 2.13. The van der Waals surface area contributed by atoms with E-state index in [0.29, 0.717) is 42.0 Å². The Morgan fingerprint density at radius 1 is 1.35 bits per heavy atom. The van der Waals surface area contributed by atoms with E-state index in [2.05, 4.69) is 31.2 Å². The fourth-order valence-electron chi connectivity index (χ4n) is 2.19. The van der Waals surface area contributed by atoms with E-state index in [1.807, 2.05) is 0 Å². The first kappa shape index (κ1) is 18.9. The number of hydrogen-bond acceptors (Lipinski definition) is 5. The Morgan fingerprint density at radius 3 is 2.81 bits per heavy atom. The van der Waals surface area contributed by atoms with Crippen LogP contribution in [0.5, 0.6) is 11.5 Å². The van der Waals surface area contributed by atoms with Crippen molar-refractivity contribution in [1.82, 2.24) is 14.9 Å². The van der Waals surface area contributed by atoms with E-state index >= 15 is 0 Å². The number of benzene rings is 2. The summed E-state index contributed by atoms with van der Waals surface area (Å²) < 4.78 is 7.35. The summed E-state index contributed by atoms with van der Waals surface area (Å²) >= 11 is 20.7. The highest BCUT2D eigenvalue weighted by Crippen LogP contribution is 2.35. The molecule has 0 amide bonds. The van der Waals surface area contributed by atoms with E-state index in [-0.39, 0.29) is 5.75 Å². The number of phenolic OH excluding ortho intramolecular Hbond substituents is 1. The number of phenols is 1. The van der Waals surface area contributed by atoms with Crippen LogP contribution in [-0.2, 0) is 0 Å². The van der Waals surface area contributed by atoms with Crippen LogP contribution in [0.15, 0.2) is 39.9 Å². The Hall–Kier alpha value is -1.87. The third-order valence-electron chi connectivity index (χ3n) is 3.42. The van der Waals surface area contributed by atoms with Gasteiger partial charge in [0.1, 0.15) is 0 Å². The topological polar surface area (TPSA) is 75.4 Å². The number of rotatable bonds is 4. The molecule has 0 unspecified atom stereocenters. The van der Waals surface area contributed by atoms with Gasteiger partial charge >= 0.3 is 0 Å². The Bertz CT molecular complexity index is 1060. The molecule has 0 spiro atoms. The maximum absolute atomic E-state index is 9.89. The first-order chi connectivity index (χ1) is 12.4. The molecule has 26 heavy (non-hydrogen) atoms. The zero-order chi connectivity index (χ0) is 18.8. The second-order valence-corrected chi connectivity index (χ2v) is 7.17. The Kier molecular flexibility index (Phi) is 5.67. The maximum atomic E-state index is 9.89. The number of aromatic amines is 1. The summed E-state index contributed by atoms with van der Waals surface area (Å²) in [4.78, 5) is 0. The molecule has 0 aliphatic rings. The van der Waals surface area contributed by atoms with Crippen LogP contribution in [0, 0.1) is 4.77 Å². The van der Waals surface area contributed by atoms with Crippen LogP contribution in [0.2, 0.25) is 10.0 Å². The predicted molar refractivity (Wildman–Crippen MR) is 108 cm³/mol. The first-order valence-corrected chi connectivity index (χ1v) is 9.10. The van der Waals surface area contributed by atoms with Crippen LogP contribution in [0.3, 0.4) is 0 Å². The van der Waals surface area contributed by atoms with Crippen molar-refractivity contribution in [3.63, 3.8) is 0 Å². The van der Waals surface area contributed by atoms with E-state index in [0.717, 1.165) is 0 Å². The van der Waals surface area contributed by atoms with Gasteiger partial charge in [0.2, 0.25) is 4.77 Å². The summed E-state index contributed by atoms with van der Waals surface area (Å²) in [6, 6.07) is 8.40. The molecule has 10 heteroatoms. The lowest BCUT2D eigenvalue weighted by Gasteiger charge is -2.07. The zero-order valence-corrected chi connectivity index (χ0v) is 17.1. The van der Waals surface area contributed by atoms with Crippen molar-refractivity contribution in [3.8, 4) is 22.9 Å². The number of nitrogens with one attached hydrogen (secondary N) is 1. The van der Waals surface area contributed by atoms with Crippen LogP contribution >= 0.6 is 51.3 Å². The fraction of sp³-hybridized carbons (Fsp3) is 0.0625. The minimum Gasteiger partial charge on any atom is -0.503 e. The second kappa shape index (κ2) is 7.79. The number of methoxy groups -OCH3 is 1. The average molecular weight is 474 g/mol. The SMILES string of the molecule is COc1cc(/C=N\n2c(-c3ccc(Cl)cc3Cl)n[nH]c2=S)cc(Br)c1O. The van der Waals surface area contributed by atoms with Gasteiger partial charge in [0.15, 0.2) is 17.3 Å². The van der Waals surface area contributed by atoms with Gasteiger partial charge in [-0.05, 0) is 64.0 Å². The van der Waals surface area contributed by atoms with Gasteiger partial charge in [-0.1, -0.05) is 23.2 Å². The summed E-state index contributed by atoms with van der Waals surface area (Å²) in [5.41, 5.74) is 1.31. The van der Waals surface area contributed by atoms with Crippen molar-refractivity contribution >= 4 is 57.6 Å². The number of aromatic nitrogens is 3. The van der Waals surface area contributed by atoms with Gasteiger partial charge in [-0.25, -0.2) is 5.10 Å². The fourth-order valence-corrected chi connectivity index (χ4v) is 3.32. The normalized spacial score (nSPS) is 11.2. The standard InChI is InChI=1S/C16H11BrCl2N4O2S/c1-25-13-5-8(4-11(17)14(13)24)7-20-23-15(21-22-16(23)26)10-3-2-9(18)6-12(10)19/h2-7,24H,1H3,(H,22,26)/b20-7-. The highest BCUT2D eigenvalue weighted by molar-refractivity contribution is 9.10. The molecule has 0 atom stereocenters. The molecular formula is C16H11BrCl2N4O2S. The Labute approximate surface area is 172 Å². The molecule has 0 saturated carbocycles. The minimum atomic E-state index is 0.0122. The zero-order valence-electron chi connectivity index (χ0n) is 13.2. The Balaban J connectivity index is 2.04. The summed E-state index contributed by atoms with van der Waals surface area (Å²) in [7, 11) is 1.47. The molecule has 1 heterocycles. The lowest BCUT2D eigenvalue weighted by Crippen LogP contribution is -1.96. The summed E-state index contributed by atoms with van der Waals surface area (Å²) in [6.07, 6.45) is 1.56. The van der Waals surface area contributed by atoms with Gasteiger partial charge in [-0.15, -0.1) is 0 Å². The van der Waals surface area contributed by atoms with Crippen LogP contribution in [0.1, 0.15) is 5.56 Å². The number of ether oxygens (including phenoxy) is 1. The van der Waals surface area contributed by atoms with Crippen LogP contribution in [-0.4, -0.2) is 33.3 Å². The third-order valence-corrected chi connectivity index (χ3v) is 4.83. The van der Waals surface area contributed by atoms with Crippen molar-refractivity contribution in [2.75, 3.05) is 7.11 Å². The second-order valence-electron chi connectivity index (χ2n) is 5.09. The van der Waals surface area contributed by atoms with Crippen molar-refractivity contribution in [2.45, 2.75) is 0 Å². The number of hydrogen-bond donors (Lipinski definition) is 2. The monoisotopic (exact) mass is 472 g/mol. The van der Waals surface area contributed by atoms with Gasteiger partial charge in [0, 0.05) is 10.6 Å². The smallest absolute Gasteiger partial charge is 0.216 e. The number of nitrogens with zero attached hydrogens (tertiary/aromatic N) is 3. The molecule has 0 aliphatic carbocycles. The van der Waals surface area contributed by atoms with Crippen molar-refractivity contribution < 1.29 is 9.84 Å². The quantitative estimate of drug-likeness (QED) is 0.399. The molecule has 0 bridgehead atoms. The maximum Gasteiger partial charge on any atom is 0.216 e. The van der Waals surface area contributed by atoms with E-state index in [4.69, 9.17) is 40.2 Å². The first-order valence-electron chi connectivity index (χ1n) is 7.14. The Morgan fingerprint density at radius 2 is 2.12 bits per heavy atom.